The van der Waals surface area contributed by atoms with Gasteiger partial charge in [-0.1, -0.05) is 19.1 Å². The van der Waals surface area contributed by atoms with E-state index in [1.807, 2.05) is 48.4 Å². The lowest BCUT2D eigenvalue weighted by atomic mass is 9.97. The number of benzene rings is 1. The Morgan fingerprint density at radius 1 is 1.45 bits per heavy atom. The predicted octanol–water partition coefficient (Wildman–Crippen LogP) is 3.60. The van der Waals surface area contributed by atoms with E-state index in [1.54, 1.807) is 6.92 Å². The van der Waals surface area contributed by atoms with Gasteiger partial charge >= 0.3 is 0 Å². The summed E-state index contributed by atoms with van der Waals surface area (Å²) >= 11 is 0. The fraction of sp³-hybridized carbons (Fsp3) is 0.235. The van der Waals surface area contributed by atoms with Crippen molar-refractivity contribution in [3.63, 3.8) is 0 Å². The van der Waals surface area contributed by atoms with E-state index < -0.39 is 5.92 Å². The Morgan fingerprint density at radius 2 is 2.18 bits per heavy atom. The Labute approximate surface area is 129 Å². The molecule has 1 aliphatic heterocycles. The lowest BCUT2D eigenvalue weighted by Crippen LogP contribution is -2.14. The fourth-order valence-corrected chi connectivity index (χ4v) is 2.21. The third-order valence-electron chi connectivity index (χ3n) is 3.57. The minimum Gasteiger partial charge on any atom is -0.439 e. The van der Waals surface area contributed by atoms with E-state index in [1.165, 1.54) is 0 Å². The van der Waals surface area contributed by atoms with Gasteiger partial charge in [0.05, 0.1) is 30.3 Å². The molecule has 22 heavy (non-hydrogen) atoms. The Bertz CT molecular complexity index is 755. The number of para-hydroxylation sites is 2. The zero-order valence-corrected chi connectivity index (χ0v) is 12.4. The summed E-state index contributed by atoms with van der Waals surface area (Å²) in [5, 5.41) is 18.2. The van der Waals surface area contributed by atoms with Crippen molar-refractivity contribution in [2.45, 2.75) is 13.3 Å². The first-order chi connectivity index (χ1) is 10.6. The van der Waals surface area contributed by atoms with Crippen LogP contribution in [0.3, 0.4) is 0 Å². The van der Waals surface area contributed by atoms with Gasteiger partial charge in [-0.15, -0.1) is 0 Å². The van der Waals surface area contributed by atoms with Gasteiger partial charge in [-0.3, -0.25) is 0 Å². The fourth-order valence-electron chi connectivity index (χ4n) is 2.21. The second-order valence-corrected chi connectivity index (χ2v) is 4.84. The lowest BCUT2D eigenvalue weighted by Gasteiger charge is -2.12. The first kappa shape index (κ1) is 15.2. The molecule has 5 heteroatoms. The number of anilines is 1. The third-order valence-corrected chi connectivity index (χ3v) is 3.57. The Balaban J connectivity index is 2.20. The summed E-state index contributed by atoms with van der Waals surface area (Å²) < 4.78 is 5.74. The summed E-state index contributed by atoms with van der Waals surface area (Å²) in [7, 11) is 1.89. The highest BCUT2D eigenvalue weighted by Crippen LogP contribution is 2.37. The Kier molecular flexibility index (Phi) is 4.47. The van der Waals surface area contributed by atoms with Crippen LogP contribution in [0, 0.1) is 35.2 Å². The number of hydrogen-bond donors (Lipinski definition) is 0. The summed E-state index contributed by atoms with van der Waals surface area (Å²) in [6.45, 7) is 8.61. The highest BCUT2D eigenvalue weighted by molar-refractivity contribution is 5.65. The van der Waals surface area contributed by atoms with Gasteiger partial charge in [0.1, 0.15) is 0 Å². The van der Waals surface area contributed by atoms with Crippen molar-refractivity contribution in [2.75, 3.05) is 11.9 Å². The average molecular weight is 290 g/mol. The van der Waals surface area contributed by atoms with Gasteiger partial charge < -0.3 is 9.64 Å². The smallest absolute Gasteiger partial charge is 0.262 e. The molecule has 5 nitrogen and oxygen atoms in total. The molecular weight excluding hydrogens is 276 g/mol. The summed E-state index contributed by atoms with van der Waals surface area (Å²) in [6.07, 6.45) is 2.20. The molecule has 0 amide bonds. The van der Waals surface area contributed by atoms with Gasteiger partial charge in [-0.05, 0) is 30.2 Å². The largest absolute Gasteiger partial charge is 0.439 e. The molecule has 0 aliphatic carbocycles. The molecule has 0 N–H and O–H groups in total. The minimum atomic E-state index is -0.517. The number of nitrogens with zero attached hydrogens (tertiary/aromatic N) is 4. The van der Waals surface area contributed by atoms with Crippen LogP contribution in [-0.2, 0) is 0 Å². The van der Waals surface area contributed by atoms with E-state index in [4.69, 9.17) is 16.6 Å². The standard InChI is InChI=1S/C17H14N4O/c1-12(14(11-19)20-2)13(10-18)8-9-17-21(3)15-6-4-5-7-16(15)22-17/h4-7,9,13H,8H2,1,3H3/b14-12-,17-9+. The van der Waals surface area contributed by atoms with Crippen molar-refractivity contribution in [3.8, 4) is 17.9 Å². The molecule has 0 saturated carbocycles. The summed E-state index contributed by atoms with van der Waals surface area (Å²) in [4.78, 5) is 5.06. The number of rotatable bonds is 3. The van der Waals surface area contributed by atoms with Crippen LogP contribution in [0.15, 0.2) is 47.5 Å². The van der Waals surface area contributed by atoms with Crippen molar-refractivity contribution in [1.29, 1.82) is 10.5 Å². The first-order valence-electron chi connectivity index (χ1n) is 6.71. The van der Waals surface area contributed by atoms with Crippen LogP contribution in [-0.4, -0.2) is 7.05 Å². The molecule has 0 spiro atoms. The maximum absolute atomic E-state index is 9.27. The third kappa shape index (κ3) is 2.77. The summed E-state index contributed by atoms with van der Waals surface area (Å²) in [6, 6.07) is 11.6. The van der Waals surface area contributed by atoms with Crippen LogP contribution in [0.1, 0.15) is 13.3 Å². The molecule has 0 bridgehead atoms. The molecule has 1 aromatic carbocycles. The topological polar surface area (TPSA) is 64.4 Å². The zero-order chi connectivity index (χ0) is 16.1. The van der Waals surface area contributed by atoms with Crippen LogP contribution in [0.25, 0.3) is 4.85 Å². The van der Waals surface area contributed by atoms with Crippen molar-refractivity contribution >= 4 is 5.69 Å². The molecule has 1 aliphatic rings. The predicted molar refractivity (Wildman–Crippen MR) is 82.2 cm³/mol. The lowest BCUT2D eigenvalue weighted by molar-refractivity contribution is 0.439. The van der Waals surface area contributed by atoms with E-state index in [0.29, 0.717) is 17.9 Å². The van der Waals surface area contributed by atoms with E-state index in [2.05, 4.69) is 10.9 Å². The van der Waals surface area contributed by atoms with Gasteiger partial charge in [0.25, 0.3) is 5.70 Å². The van der Waals surface area contributed by atoms with Crippen LogP contribution in [0.5, 0.6) is 5.75 Å². The normalized spacial score (nSPS) is 16.7. The van der Waals surface area contributed by atoms with Crippen LogP contribution in [0.4, 0.5) is 5.69 Å². The van der Waals surface area contributed by atoms with E-state index in [0.717, 1.165) is 11.4 Å². The molecular formula is C17H14N4O. The van der Waals surface area contributed by atoms with Crippen LogP contribution >= 0.6 is 0 Å². The number of allylic oxidation sites excluding steroid dienone is 3. The molecule has 0 radical (unpaired) electrons. The monoisotopic (exact) mass is 290 g/mol. The van der Waals surface area contributed by atoms with E-state index in [9.17, 15) is 5.26 Å². The molecule has 108 valence electrons. The van der Waals surface area contributed by atoms with Gasteiger partial charge in [0.2, 0.25) is 0 Å². The van der Waals surface area contributed by atoms with Crippen molar-refractivity contribution < 1.29 is 4.74 Å². The van der Waals surface area contributed by atoms with E-state index >= 15 is 0 Å². The Morgan fingerprint density at radius 3 is 2.77 bits per heavy atom. The highest BCUT2D eigenvalue weighted by Gasteiger charge is 2.23. The first-order valence-corrected chi connectivity index (χ1v) is 6.71. The number of hydrogen-bond acceptors (Lipinski definition) is 4. The van der Waals surface area contributed by atoms with Gasteiger partial charge in [-0.25, -0.2) is 10.1 Å². The zero-order valence-electron chi connectivity index (χ0n) is 12.4. The number of ether oxygens (including phenoxy) is 1. The second kappa shape index (κ2) is 6.48. The molecule has 0 saturated heterocycles. The summed E-state index contributed by atoms with van der Waals surface area (Å²) in [5.41, 5.74) is 1.44. The Hall–Kier alpha value is -3.23. The molecule has 1 atom stereocenters. The molecule has 1 heterocycles. The maximum atomic E-state index is 9.27. The molecule has 1 unspecified atom stereocenters. The SMILES string of the molecule is [C-]#[N+]/C(C#N)=C(/C)C(C#N)C/C=C1/Oc2ccccc2N1C. The molecule has 2 rings (SSSR count). The quantitative estimate of drug-likeness (QED) is 0.630. The van der Waals surface area contributed by atoms with E-state index in [-0.39, 0.29) is 5.70 Å². The van der Waals surface area contributed by atoms with Gasteiger partial charge in [-0.2, -0.15) is 5.26 Å². The van der Waals surface area contributed by atoms with Crippen LogP contribution in [0.2, 0.25) is 0 Å². The average Bonchev–Trinajstić information content (AvgIpc) is 2.86. The molecule has 0 fully saturated rings. The van der Waals surface area contributed by atoms with Crippen molar-refractivity contribution in [3.05, 3.63) is 58.9 Å². The molecule has 0 aromatic heterocycles. The highest BCUT2D eigenvalue weighted by atomic mass is 16.5. The summed E-state index contributed by atoms with van der Waals surface area (Å²) in [5.74, 6) is 0.906. The van der Waals surface area contributed by atoms with Crippen molar-refractivity contribution in [2.24, 2.45) is 5.92 Å². The van der Waals surface area contributed by atoms with Crippen molar-refractivity contribution in [1.82, 2.24) is 0 Å². The minimum absolute atomic E-state index is 0.0195. The van der Waals surface area contributed by atoms with Gasteiger partial charge in [0, 0.05) is 7.05 Å². The van der Waals surface area contributed by atoms with Gasteiger partial charge in [0.15, 0.2) is 11.6 Å². The van der Waals surface area contributed by atoms with Crippen LogP contribution < -0.4 is 9.64 Å². The number of nitriles is 2. The maximum Gasteiger partial charge on any atom is 0.262 e. The number of fused-ring (bicyclic) bond motifs is 1. The molecule has 1 aromatic rings. The second-order valence-electron chi connectivity index (χ2n) is 4.84.